The van der Waals surface area contributed by atoms with E-state index in [1.54, 1.807) is 30.5 Å². The number of benzene rings is 2. The Kier molecular flexibility index (Phi) is 8.92. The zero-order valence-electron chi connectivity index (χ0n) is 22.4. The van der Waals surface area contributed by atoms with Crippen molar-refractivity contribution in [1.82, 2.24) is 19.6 Å². The first-order chi connectivity index (χ1) is 18.1. The number of sulfonamides is 1. The number of halogens is 1. The largest absolute Gasteiger partial charge is 0.491 e. The predicted octanol–water partition coefficient (Wildman–Crippen LogP) is 4.41. The Labute approximate surface area is 233 Å². The summed E-state index contributed by atoms with van der Waals surface area (Å²) in [4.78, 5) is 14.0. The van der Waals surface area contributed by atoms with Crippen LogP contribution in [0.2, 0.25) is 0 Å². The first-order valence-electron chi connectivity index (χ1n) is 12.6. The van der Waals surface area contributed by atoms with E-state index in [-0.39, 0.29) is 11.0 Å². The minimum absolute atomic E-state index is 0.0193. The number of hydrogen-bond donors (Lipinski definition) is 2. The standard InChI is InChI=1S/C27H35BrN6O3S/c1-18(2)37-24-15-20(34-13-12-21(17-34)33(4)5)11-10-19(24)14-26-30-16-22(28)27(32-26)31-23-8-6-7-9-25(23)38(35,36)29-3/h6-11,15-16,18,21,29H,12-14,17H2,1-5H3,(H,30,31,32)/t21-/m0/s1. The molecule has 1 aromatic heterocycles. The summed E-state index contributed by atoms with van der Waals surface area (Å²) in [6.45, 7) is 6.04. The summed E-state index contributed by atoms with van der Waals surface area (Å²) in [7, 11) is 1.99. The fourth-order valence-electron chi connectivity index (χ4n) is 4.44. The van der Waals surface area contributed by atoms with Crippen LogP contribution in [0.1, 0.15) is 31.7 Å². The highest BCUT2D eigenvalue weighted by atomic mass is 79.9. The summed E-state index contributed by atoms with van der Waals surface area (Å²) in [5, 5.41) is 3.15. The fourth-order valence-corrected chi connectivity index (χ4v) is 5.61. The minimum atomic E-state index is -3.65. The first kappa shape index (κ1) is 28.3. The molecule has 0 amide bonds. The topological polar surface area (TPSA) is 99.7 Å². The Hall–Kier alpha value is -2.73. The second kappa shape index (κ2) is 12.0. The molecule has 0 bridgehead atoms. The van der Waals surface area contributed by atoms with Gasteiger partial charge in [0, 0.05) is 49.1 Å². The smallest absolute Gasteiger partial charge is 0.242 e. The number of anilines is 3. The van der Waals surface area contributed by atoms with Gasteiger partial charge in [-0.25, -0.2) is 23.1 Å². The van der Waals surface area contributed by atoms with Crippen LogP contribution in [0.15, 0.2) is 58.0 Å². The van der Waals surface area contributed by atoms with Gasteiger partial charge in [0.15, 0.2) is 0 Å². The number of hydrogen-bond acceptors (Lipinski definition) is 8. The lowest BCUT2D eigenvalue weighted by Gasteiger charge is -2.23. The van der Waals surface area contributed by atoms with Crippen molar-refractivity contribution in [2.45, 2.75) is 43.7 Å². The quantitative estimate of drug-likeness (QED) is 0.352. The van der Waals surface area contributed by atoms with Crippen molar-refractivity contribution in [3.05, 3.63) is 64.5 Å². The molecule has 1 atom stereocenters. The molecule has 3 aromatic rings. The SMILES string of the molecule is CNS(=O)(=O)c1ccccc1Nc1nc(Cc2ccc(N3CC[C@H](N(C)C)C3)cc2OC(C)C)ncc1Br. The Morgan fingerprint density at radius 3 is 2.66 bits per heavy atom. The van der Waals surface area contributed by atoms with Gasteiger partial charge in [0.2, 0.25) is 10.0 Å². The Morgan fingerprint density at radius 1 is 1.21 bits per heavy atom. The molecular formula is C27H35BrN6O3S. The molecule has 2 N–H and O–H groups in total. The number of para-hydroxylation sites is 1. The van der Waals surface area contributed by atoms with Crippen molar-refractivity contribution in [1.29, 1.82) is 0 Å². The summed E-state index contributed by atoms with van der Waals surface area (Å²) in [6, 6.07) is 13.6. The van der Waals surface area contributed by atoms with Gasteiger partial charge in [-0.2, -0.15) is 0 Å². The summed E-state index contributed by atoms with van der Waals surface area (Å²) in [5.74, 6) is 1.88. The second-order valence-corrected chi connectivity index (χ2v) is 12.5. The van der Waals surface area contributed by atoms with Crippen LogP contribution in [0.5, 0.6) is 5.75 Å². The zero-order valence-corrected chi connectivity index (χ0v) is 24.8. The minimum Gasteiger partial charge on any atom is -0.491 e. The third-order valence-electron chi connectivity index (χ3n) is 6.51. The first-order valence-corrected chi connectivity index (χ1v) is 14.9. The van der Waals surface area contributed by atoms with Gasteiger partial charge >= 0.3 is 0 Å². The van der Waals surface area contributed by atoms with E-state index in [0.717, 1.165) is 36.5 Å². The number of nitrogens with zero attached hydrogens (tertiary/aromatic N) is 4. The average Bonchev–Trinajstić information content (AvgIpc) is 3.38. The predicted molar refractivity (Wildman–Crippen MR) is 155 cm³/mol. The Balaban J connectivity index is 1.60. The summed E-state index contributed by atoms with van der Waals surface area (Å²) in [6.07, 6.45) is 3.28. The lowest BCUT2D eigenvalue weighted by molar-refractivity contribution is 0.240. The van der Waals surface area contributed by atoms with Crippen molar-refractivity contribution in [2.75, 3.05) is 44.4 Å². The molecular weight excluding hydrogens is 568 g/mol. The van der Waals surface area contributed by atoms with Gasteiger partial charge in [-0.3, -0.25) is 0 Å². The second-order valence-electron chi connectivity index (χ2n) is 9.80. The van der Waals surface area contributed by atoms with Crippen LogP contribution in [0.3, 0.4) is 0 Å². The third-order valence-corrected chi connectivity index (χ3v) is 8.57. The molecule has 204 valence electrons. The van der Waals surface area contributed by atoms with E-state index in [1.165, 1.54) is 7.05 Å². The molecule has 1 aliphatic rings. The monoisotopic (exact) mass is 602 g/mol. The van der Waals surface area contributed by atoms with Crippen LogP contribution >= 0.6 is 15.9 Å². The van der Waals surface area contributed by atoms with Gasteiger partial charge in [0.05, 0.1) is 16.3 Å². The number of nitrogens with one attached hydrogen (secondary N) is 2. The summed E-state index contributed by atoms with van der Waals surface area (Å²) >= 11 is 3.49. The van der Waals surface area contributed by atoms with E-state index < -0.39 is 10.0 Å². The summed E-state index contributed by atoms with van der Waals surface area (Å²) in [5.41, 5.74) is 2.55. The van der Waals surface area contributed by atoms with Crippen LogP contribution < -0.4 is 19.7 Å². The Morgan fingerprint density at radius 2 is 1.97 bits per heavy atom. The highest BCUT2D eigenvalue weighted by molar-refractivity contribution is 9.10. The molecule has 1 fully saturated rings. The van der Waals surface area contributed by atoms with E-state index in [4.69, 9.17) is 9.72 Å². The molecule has 11 heteroatoms. The summed E-state index contributed by atoms with van der Waals surface area (Å²) < 4.78 is 34.2. The molecule has 2 aromatic carbocycles. The molecule has 4 rings (SSSR count). The maximum Gasteiger partial charge on any atom is 0.242 e. The van der Waals surface area contributed by atoms with Gasteiger partial charge in [0.25, 0.3) is 0 Å². The highest BCUT2D eigenvalue weighted by Gasteiger charge is 2.25. The van der Waals surface area contributed by atoms with Gasteiger partial charge in [-0.05, 0) is 75.5 Å². The third kappa shape index (κ3) is 6.63. The van der Waals surface area contributed by atoms with Crippen molar-refractivity contribution in [3.8, 4) is 5.75 Å². The number of likely N-dealkylation sites (N-methyl/N-ethyl adjacent to an activating group) is 1. The maximum absolute atomic E-state index is 12.5. The van der Waals surface area contributed by atoms with E-state index >= 15 is 0 Å². The van der Waals surface area contributed by atoms with Gasteiger partial charge in [-0.1, -0.05) is 18.2 Å². The van der Waals surface area contributed by atoms with Crippen molar-refractivity contribution >= 4 is 43.1 Å². The van der Waals surface area contributed by atoms with Crippen LogP contribution in [0.25, 0.3) is 0 Å². The number of ether oxygens (including phenoxy) is 1. The van der Waals surface area contributed by atoms with Crippen molar-refractivity contribution < 1.29 is 13.2 Å². The van der Waals surface area contributed by atoms with Crippen LogP contribution in [-0.4, -0.2) is 69.7 Å². The van der Waals surface area contributed by atoms with Crippen molar-refractivity contribution in [2.24, 2.45) is 0 Å². The molecule has 1 aliphatic heterocycles. The van der Waals surface area contributed by atoms with Gasteiger partial charge in [-0.15, -0.1) is 0 Å². The van der Waals surface area contributed by atoms with Crippen molar-refractivity contribution in [3.63, 3.8) is 0 Å². The maximum atomic E-state index is 12.5. The van der Waals surface area contributed by atoms with Crippen LogP contribution in [0.4, 0.5) is 17.2 Å². The molecule has 0 unspecified atom stereocenters. The molecule has 0 aliphatic carbocycles. The Bertz CT molecular complexity index is 1380. The average molecular weight is 604 g/mol. The lowest BCUT2D eigenvalue weighted by atomic mass is 10.1. The molecule has 1 saturated heterocycles. The van der Waals surface area contributed by atoms with Crippen LogP contribution in [-0.2, 0) is 16.4 Å². The molecule has 0 radical (unpaired) electrons. The molecule has 2 heterocycles. The zero-order chi connectivity index (χ0) is 27.4. The van der Waals surface area contributed by atoms with Gasteiger partial charge < -0.3 is 19.9 Å². The van der Waals surface area contributed by atoms with E-state index in [0.29, 0.717) is 34.3 Å². The molecule has 38 heavy (non-hydrogen) atoms. The fraction of sp³-hybridized carbons (Fsp3) is 0.407. The highest BCUT2D eigenvalue weighted by Crippen LogP contribution is 2.32. The number of rotatable bonds is 10. The van der Waals surface area contributed by atoms with E-state index in [9.17, 15) is 8.42 Å². The van der Waals surface area contributed by atoms with E-state index in [2.05, 4.69) is 73.0 Å². The lowest BCUT2D eigenvalue weighted by Crippen LogP contribution is -2.31. The number of aromatic nitrogens is 2. The van der Waals surface area contributed by atoms with Crippen LogP contribution in [0, 0.1) is 0 Å². The normalized spacial score (nSPS) is 15.9. The van der Waals surface area contributed by atoms with Gasteiger partial charge in [0.1, 0.15) is 22.3 Å². The molecule has 0 saturated carbocycles. The van der Waals surface area contributed by atoms with E-state index in [1.807, 2.05) is 13.8 Å². The molecule has 0 spiro atoms. The molecule has 9 nitrogen and oxygen atoms in total.